The van der Waals surface area contributed by atoms with E-state index in [1.54, 1.807) is 12.3 Å². The van der Waals surface area contributed by atoms with Crippen molar-refractivity contribution in [2.75, 3.05) is 25.1 Å². The quantitative estimate of drug-likeness (QED) is 0.112. The van der Waals surface area contributed by atoms with Crippen LogP contribution in [0.4, 0.5) is 11.6 Å². The summed E-state index contributed by atoms with van der Waals surface area (Å²) in [5, 5.41) is 10.7. The number of rotatable bonds is 7. The Morgan fingerprint density at radius 3 is 1.88 bits per heavy atom. The van der Waals surface area contributed by atoms with Gasteiger partial charge in [-0.2, -0.15) is 0 Å². The molecule has 274 valence electrons. The number of carboxylic acids is 1. The number of pyridine rings is 2. The Morgan fingerprint density at radius 2 is 1.46 bits per heavy atom. The number of hydrogen-bond acceptors (Lipinski definition) is 6. The first-order valence-electron chi connectivity index (χ1n) is 14.1. The Hall–Kier alpha value is -1.61. The summed E-state index contributed by atoms with van der Waals surface area (Å²) in [6.45, 7) is 5.56. The molecule has 3 heterocycles. The van der Waals surface area contributed by atoms with Crippen LogP contribution in [0, 0.1) is 6.57 Å². The van der Waals surface area contributed by atoms with Gasteiger partial charge in [-0.25, -0.2) is 9.97 Å². The Labute approximate surface area is 360 Å². The minimum absolute atomic E-state index is 0. The first kappa shape index (κ1) is 52.7. The van der Waals surface area contributed by atoms with Crippen LogP contribution >= 0.6 is 93.1 Å². The molecule has 0 amide bonds. The van der Waals surface area contributed by atoms with E-state index in [4.69, 9.17) is 20.6 Å². The molecular formula is C35H44Br2I4N6O3. The number of aldehydes is 1. The van der Waals surface area contributed by atoms with Crippen molar-refractivity contribution in [3.8, 4) is 6.57 Å². The van der Waals surface area contributed by atoms with Crippen molar-refractivity contribution in [2.45, 2.75) is 40.0 Å². The number of nitrogens with zero attached hydrogens (tertiary/aromatic N) is 4. The number of fused-ring (bicyclic) bond motifs is 1. The molecular weight excluding hydrogens is 1220 g/mol. The maximum absolute atomic E-state index is 9.98. The Kier molecular flexibility index (Phi) is 36.4. The van der Waals surface area contributed by atoms with E-state index in [2.05, 4.69) is 119 Å². The molecule has 3 aromatic heterocycles. The van der Waals surface area contributed by atoms with E-state index < -0.39 is 5.97 Å². The summed E-state index contributed by atoms with van der Waals surface area (Å²) in [5.41, 5.74) is 9.95. The molecule has 0 aliphatic rings. The molecule has 0 aliphatic carbocycles. The van der Waals surface area contributed by atoms with Crippen LogP contribution in [0.3, 0.4) is 0 Å². The number of aromatic nitrogens is 3. The molecule has 0 aliphatic heterocycles. The minimum Gasteiger partial charge on any atom is -0.384 e. The van der Waals surface area contributed by atoms with Crippen LogP contribution in [0.5, 0.6) is 0 Å². The predicted octanol–water partition coefficient (Wildman–Crippen LogP) is 7.87. The second-order valence-corrected chi connectivity index (χ2v) is 27.2. The normalized spacial score (nSPS) is 8.76. The molecule has 2 aromatic carbocycles. The topological polar surface area (TPSA) is 127 Å². The summed E-state index contributed by atoms with van der Waals surface area (Å²) >= 11 is 12.0. The van der Waals surface area contributed by atoms with Gasteiger partial charge in [0.15, 0.2) is 0 Å². The van der Waals surface area contributed by atoms with Gasteiger partial charge in [-0.1, -0.05) is 72.9 Å². The number of nitrogen functional groups attached to an aromatic ring is 1. The number of nitrogens with two attached hydrogens (primary N) is 1. The minimum atomic E-state index is -0.833. The van der Waals surface area contributed by atoms with Crippen LogP contribution in [0.1, 0.15) is 37.6 Å². The van der Waals surface area contributed by atoms with E-state index in [1.807, 2.05) is 67.8 Å². The monoisotopic (exact) mass is 1260 g/mol. The third-order valence-corrected chi connectivity index (χ3v) is 6.47. The van der Waals surface area contributed by atoms with Gasteiger partial charge in [-0.3, -0.25) is 9.20 Å². The number of anilines is 2. The van der Waals surface area contributed by atoms with E-state index in [9.17, 15) is 4.79 Å². The molecule has 15 heteroatoms. The maximum atomic E-state index is 9.98. The van der Waals surface area contributed by atoms with Gasteiger partial charge >= 0.3 is 50.5 Å². The van der Waals surface area contributed by atoms with Gasteiger partial charge in [0.05, 0.1) is 5.69 Å². The summed E-state index contributed by atoms with van der Waals surface area (Å²) in [6, 6.07) is 28.2. The second-order valence-electron chi connectivity index (χ2n) is 9.14. The predicted molar refractivity (Wildman–Crippen MR) is 241 cm³/mol. The molecule has 0 atom stereocenters. The van der Waals surface area contributed by atoms with Crippen molar-refractivity contribution in [1.82, 2.24) is 14.4 Å². The second kappa shape index (κ2) is 34.5. The SMILES string of the molecule is C.C#[N+]C.CC(=O)O.CNc1c(CCc2ccccc2)nc2ccc(Br)cn12.I.I[I-]I.Nc1ccc(Br)cn1.O=CCCc1ccccc1. The number of aryl methyl sites for hydroxylation is 3. The van der Waals surface area contributed by atoms with Gasteiger partial charge in [0.2, 0.25) is 0 Å². The Morgan fingerprint density at radius 1 is 0.980 bits per heavy atom. The van der Waals surface area contributed by atoms with Crippen molar-refractivity contribution in [3.63, 3.8) is 0 Å². The van der Waals surface area contributed by atoms with Crippen molar-refractivity contribution in [3.05, 3.63) is 128 Å². The fourth-order valence-corrected chi connectivity index (χ4v) is 4.24. The van der Waals surface area contributed by atoms with Gasteiger partial charge in [-0.05, 0) is 86.5 Å². The van der Waals surface area contributed by atoms with Crippen LogP contribution in [0.25, 0.3) is 10.5 Å². The number of benzene rings is 2. The van der Waals surface area contributed by atoms with E-state index in [0.29, 0.717) is 25.5 Å². The van der Waals surface area contributed by atoms with Gasteiger partial charge in [0.1, 0.15) is 23.6 Å². The number of carbonyl (C=O) groups is 2. The zero-order valence-electron chi connectivity index (χ0n) is 27.1. The summed E-state index contributed by atoms with van der Waals surface area (Å²) in [5.74, 6) is 0.783. The van der Waals surface area contributed by atoms with Gasteiger partial charge in [0, 0.05) is 41.7 Å². The molecule has 5 rings (SSSR count). The fourth-order valence-electron chi connectivity index (χ4n) is 3.67. The number of carbonyl (C=O) groups excluding carboxylic acids is 1. The van der Waals surface area contributed by atoms with Gasteiger partial charge < -0.3 is 21.0 Å². The molecule has 0 unspecified atom stereocenters. The summed E-state index contributed by atoms with van der Waals surface area (Å²) in [4.78, 5) is 30.5. The summed E-state index contributed by atoms with van der Waals surface area (Å²) in [7, 11) is 3.47. The van der Waals surface area contributed by atoms with Crippen molar-refractivity contribution >= 4 is 123 Å². The van der Waals surface area contributed by atoms with Crippen molar-refractivity contribution in [1.29, 1.82) is 0 Å². The summed E-state index contributed by atoms with van der Waals surface area (Å²) < 4.78 is 4.09. The van der Waals surface area contributed by atoms with Crippen LogP contribution in [-0.4, -0.2) is 45.8 Å². The van der Waals surface area contributed by atoms with E-state index in [0.717, 1.165) is 58.6 Å². The van der Waals surface area contributed by atoms with E-state index >= 15 is 0 Å². The maximum Gasteiger partial charge on any atom is 0.123 e. The van der Waals surface area contributed by atoms with Crippen LogP contribution in [0.2, 0.25) is 0 Å². The van der Waals surface area contributed by atoms with Crippen LogP contribution in [-0.2, 0) is 28.9 Å². The molecule has 0 bridgehead atoms. The van der Waals surface area contributed by atoms with E-state index in [-0.39, 0.29) is 31.4 Å². The molecule has 0 saturated carbocycles. The first-order valence-corrected chi connectivity index (χ1v) is 28.3. The molecule has 9 nitrogen and oxygen atoms in total. The molecule has 4 N–H and O–H groups in total. The third-order valence-electron chi connectivity index (χ3n) is 5.53. The first-order chi connectivity index (χ1) is 23.1. The average Bonchev–Trinajstić information content (AvgIpc) is 3.43. The smallest absolute Gasteiger partial charge is 0.123 e. The number of hydrogen-bond donors (Lipinski definition) is 3. The van der Waals surface area contributed by atoms with Crippen LogP contribution in [0.15, 0.2) is 106 Å². The fraction of sp³-hybridized carbons (Fsp3) is 0.229. The van der Waals surface area contributed by atoms with Crippen LogP contribution < -0.4 is 24.3 Å². The molecule has 0 saturated heterocycles. The standard InChI is InChI=1S/C16H16BrN3.C9H10O.C5H5BrN2.C2H4N.C2H4O2.CH4.I3.HI/c1-18-16-14(9-7-12-5-3-2-4-6-12)19-15-10-8-13(17)11-20(15)16;10-8-4-7-9-5-2-1-3-6-9;6-4-1-2-5(7)8-3-4;1-3-2;1-2(3)4;;1-3-2;/h2-6,8,10-11,18H,7,9H2,1H3;1-3,5-6,8H,4,7H2;1-3H,(H2,7,8);1H,2H3;1H3,(H,3,4);1H4;;1H/q;;;+1;;;-1;. The average molecular weight is 1260 g/mol. The van der Waals surface area contributed by atoms with Crippen molar-refractivity contribution < 1.29 is 28.0 Å². The number of imidazole rings is 1. The Bertz CT molecular complexity index is 1600. The largest absolute Gasteiger partial charge is 0.384 e. The Balaban J connectivity index is -0.000000622. The zero-order chi connectivity index (χ0) is 36.2. The van der Waals surface area contributed by atoms with Gasteiger partial charge in [-0.15, -0.1) is 24.0 Å². The molecule has 0 fully saturated rings. The number of carboxylic acid groups (broad SMARTS) is 1. The van der Waals surface area contributed by atoms with E-state index in [1.165, 1.54) is 18.2 Å². The number of aliphatic carboxylic acids is 1. The molecule has 5 aromatic rings. The number of nitrogens with one attached hydrogen (secondary N) is 1. The van der Waals surface area contributed by atoms with Gasteiger partial charge in [0.25, 0.3) is 19.6 Å². The molecule has 50 heavy (non-hydrogen) atoms. The van der Waals surface area contributed by atoms with Crippen molar-refractivity contribution in [2.24, 2.45) is 0 Å². The third kappa shape index (κ3) is 26.2. The summed E-state index contributed by atoms with van der Waals surface area (Å²) in [6.07, 6.45) is 8.08. The molecule has 0 radical (unpaired) electrons. The zero-order valence-corrected chi connectivity index (χ0v) is 39.1. The number of halogens is 6. The molecule has 0 spiro atoms.